The second-order valence-corrected chi connectivity index (χ2v) is 9.97. The first kappa shape index (κ1) is 20.1. The van der Waals surface area contributed by atoms with Gasteiger partial charge in [0, 0.05) is 11.9 Å². The van der Waals surface area contributed by atoms with Gasteiger partial charge in [-0.3, -0.25) is 9.44 Å². The van der Waals surface area contributed by atoms with Crippen molar-refractivity contribution < 1.29 is 16.8 Å². The fourth-order valence-electron chi connectivity index (χ4n) is 2.62. The molecule has 0 radical (unpaired) electrons. The number of hydrogen-bond donors (Lipinski definition) is 2. The predicted octanol–water partition coefficient (Wildman–Crippen LogP) is 2.39. The summed E-state index contributed by atoms with van der Waals surface area (Å²) >= 11 is 0.921. The summed E-state index contributed by atoms with van der Waals surface area (Å²) < 4.78 is 63.4. The van der Waals surface area contributed by atoms with Gasteiger partial charge >= 0.3 is 0 Å². The number of aryl methyl sites for hydroxylation is 1. The molecule has 2 heterocycles. The molecule has 4 rings (SSSR count). The van der Waals surface area contributed by atoms with Crippen molar-refractivity contribution in [2.24, 2.45) is 0 Å². The van der Waals surface area contributed by atoms with E-state index in [1.807, 2.05) is 0 Å². The summed E-state index contributed by atoms with van der Waals surface area (Å²) in [6.45, 7) is 1.64. The minimum atomic E-state index is -3.94. The molecule has 30 heavy (non-hydrogen) atoms. The van der Waals surface area contributed by atoms with Gasteiger partial charge in [-0.25, -0.2) is 26.8 Å². The molecule has 154 valence electrons. The maximum Gasteiger partial charge on any atom is 0.264 e. The normalized spacial score (nSPS) is 12.0. The Balaban J connectivity index is 1.57. The number of nitrogens with one attached hydrogen (secondary N) is 2. The molecular formula is C17H14N6O4S3. The molecule has 0 aliphatic heterocycles. The van der Waals surface area contributed by atoms with Gasteiger partial charge in [0.25, 0.3) is 20.0 Å². The summed E-state index contributed by atoms with van der Waals surface area (Å²) in [7, 11) is -7.84. The summed E-state index contributed by atoms with van der Waals surface area (Å²) in [5.74, 6) is 0.558. The molecule has 0 aliphatic carbocycles. The number of benzene rings is 2. The van der Waals surface area contributed by atoms with Crippen LogP contribution in [-0.2, 0) is 20.0 Å². The zero-order valence-electron chi connectivity index (χ0n) is 15.3. The standard InChI is InChI=1S/C17H14N6O4S3/c1-11-18-10-9-16(19-11)23-29(24,25)13-7-5-12(6-8-13)22-30(26,27)15-4-2-3-14-17(15)21-28-20-14/h2-10,22H,1H3,(H,18,19,23). The third-order valence-corrected chi connectivity index (χ3v) is 7.30. The number of nitrogens with zero attached hydrogens (tertiary/aromatic N) is 4. The number of sulfonamides is 2. The van der Waals surface area contributed by atoms with Gasteiger partial charge in [-0.05, 0) is 49.4 Å². The molecule has 10 nitrogen and oxygen atoms in total. The van der Waals surface area contributed by atoms with Crippen LogP contribution in [0.1, 0.15) is 5.82 Å². The van der Waals surface area contributed by atoms with Crippen LogP contribution in [0, 0.1) is 6.92 Å². The number of aromatic nitrogens is 4. The molecule has 13 heteroatoms. The highest BCUT2D eigenvalue weighted by Gasteiger charge is 2.20. The van der Waals surface area contributed by atoms with Crippen LogP contribution >= 0.6 is 11.7 Å². The molecule has 2 aromatic carbocycles. The zero-order chi connectivity index (χ0) is 21.4. The highest BCUT2D eigenvalue weighted by atomic mass is 32.2. The first-order valence-corrected chi connectivity index (χ1v) is 12.1. The van der Waals surface area contributed by atoms with Crippen molar-refractivity contribution >= 4 is 54.3 Å². The average molecular weight is 463 g/mol. The molecule has 0 atom stereocenters. The van der Waals surface area contributed by atoms with Gasteiger partial charge in [-0.15, -0.1) is 0 Å². The number of fused-ring (bicyclic) bond motifs is 1. The van der Waals surface area contributed by atoms with Gasteiger partial charge in [0.05, 0.1) is 16.6 Å². The first-order valence-electron chi connectivity index (χ1n) is 8.41. The van der Waals surface area contributed by atoms with Gasteiger partial charge in [-0.2, -0.15) is 8.75 Å². The molecule has 0 fully saturated rings. The van der Waals surface area contributed by atoms with Crippen LogP contribution in [0.3, 0.4) is 0 Å². The Kier molecular flexibility index (Phi) is 5.09. The van der Waals surface area contributed by atoms with Crippen LogP contribution in [0.2, 0.25) is 0 Å². The lowest BCUT2D eigenvalue weighted by Crippen LogP contribution is -2.15. The van der Waals surface area contributed by atoms with Crippen molar-refractivity contribution in [2.75, 3.05) is 9.44 Å². The van der Waals surface area contributed by atoms with Gasteiger partial charge in [0.15, 0.2) is 0 Å². The zero-order valence-corrected chi connectivity index (χ0v) is 17.8. The van der Waals surface area contributed by atoms with Crippen LogP contribution in [0.15, 0.2) is 64.5 Å². The van der Waals surface area contributed by atoms with Crippen LogP contribution in [0.4, 0.5) is 11.5 Å². The average Bonchev–Trinajstić information content (AvgIpc) is 3.16. The van der Waals surface area contributed by atoms with Crippen LogP contribution in [-0.4, -0.2) is 35.6 Å². The largest absolute Gasteiger partial charge is 0.280 e. The lowest BCUT2D eigenvalue weighted by Gasteiger charge is -2.10. The van der Waals surface area contributed by atoms with E-state index in [0.717, 1.165) is 11.7 Å². The molecule has 4 aromatic rings. The van der Waals surface area contributed by atoms with Gasteiger partial charge in [-0.1, -0.05) is 6.07 Å². The topological polar surface area (TPSA) is 144 Å². The van der Waals surface area contributed by atoms with E-state index < -0.39 is 20.0 Å². The monoisotopic (exact) mass is 462 g/mol. The minimum Gasteiger partial charge on any atom is -0.280 e. The Bertz CT molecular complexity index is 1430. The van der Waals surface area contributed by atoms with E-state index in [9.17, 15) is 16.8 Å². The van der Waals surface area contributed by atoms with Crippen molar-refractivity contribution in [1.82, 2.24) is 18.7 Å². The minimum absolute atomic E-state index is 0.00811. The summed E-state index contributed by atoms with van der Waals surface area (Å²) in [6.07, 6.45) is 1.44. The third kappa shape index (κ3) is 4.08. The molecule has 0 aliphatic rings. The van der Waals surface area contributed by atoms with E-state index in [2.05, 4.69) is 28.2 Å². The van der Waals surface area contributed by atoms with Crippen LogP contribution < -0.4 is 9.44 Å². The SMILES string of the molecule is Cc1nccc(NS(=O)(=O)c2ccc(NS(=O)(=O)c3cccc4nsnc34)cc2)n1. The van der Waals surface area contributed by atoms with Gasteiger partial charge < -0.3 is 0 Å². The summed E-state index contributed by atoms with van der Waals surface area (Å²) in [5.41, 5.74) is 0.959. The van der Waals surface area contributed by atoms with Crippen LogP contribution in [0.25, 0.3) is 11.0 Å². The van der Waals surface area contributed by atoms with Gasteiger partial charge in [0.2, 0.25) is 0 Å². The van der Waals surface area contributed by atoms with E-state index in [4.69, 9.17) is 0 Å². The van der Waals surface area contributed by atoms with E-state index in [1.165, 1.54) is 42.6 Å². The van der Waals surface area contributed by atoms with Crippen molar-refractivity contribution in [1.29, 1.82) is 0 Å². The maximum absolute atomic E-state index is 12.7. The van der Waals surface area contributed by atoms with Crippen molar-refractivity contribution in [3.63, 3.8) is 0 Å². The molecule has 0 unspecified atom stereocenters. The number of anilines is 2. The van der Waals surface area contributed by atoms with Crippen molar-refractivity contribution in [3.8, 4) is 0 Å². The van der Waals surface area contributed by atoms with E-state index in [-0.39, 0.29) is 26.8 Å². The smallest absolute Gasteiger partial charge is 0.264 e. The molecule has 0 spiro atoms. The van der Waals surface area contributed by atoms with Crippen LogP contribution in [0.5, 0.6) is 0 Å². The van der Waals surface area contributed by atoms with E-state index >= 15 is 0 Å². The lowest BCUT2D eigenvalue weighted by molar-refractivity contribution is 0.600. The summed E-state index contributed by atoms with van der Waals surface area (Å²) in [6, 6.07) is 11.4. The third-order valence-electron chi connectivity index (χ3n) is 3.97. The molecule has 2 N–H and O–H groups in total. The molecule has 2 aromatic heterocycles. The Labute approximate surface area is 176 Å². The molecule has 0 amide bonds. The maximum atomic E-state index is 12.7. The number of hydrogen-bond acceptors (Lipinski definition) is 9. The van der Waals surface area contributed by atoms with Crippen molar-refractivity contribution in [2.45, 2.75) is 16.7 Å². The molecule has 0 bridgehead atoms. The Morgan fingerprint density at radius 2 is 1.63 bits per heavy atom. The van der Waals surface area contributed by atoms with Crippen molar-refractivity contribution in [3.05, 3.63) is 60.6 Å². The summed E-state index contributed by atoms with van der Waals surface area (Å²) in [4.78, 5) is 7.85. The highest BCUT2D eigenvalue weighted by molar-refractivity contribution is 7.93. The molecular weight excluding hydrogens is 448 g/mol. The Morgan fingerprint density at radius 3 is 2.37 bits per heavy atom. The molecule has 0 saturated heterocycles. The van der Waals surface area contributed by atoms with E-state index in [0.29, 0.717) is 11.3 Å². The number of rotatable bonds is 6. The fraction of sp³-hybridized carbons (Fsp3) is 0.0588. The highest BCUT2D eigenvalue weighted by Crippen LogP contribution is 2.24. The fourth-order valence-corrected chi connectivity index (χ4v) is 5.45. The van der Waals surface area contributed by atoms with E-state index in [1.54, 1.807) is 19.1 Å². The second kappa shape index (κ2) is 7.59. The van der Waals surface area contributed by atoms with Gasteiger partial charge in [0.1, 0.15) is 27.6 Å². The second-order valence-electron chi connectivity index (χ2n) is 6.11. The predicted molar refractivity (Wildman–Crippen MR) is 112 cm³/mol. The quantitative estimate of drug-likeness (QED) is 0.444. The Hall–Kier alpha value is -3.16. The Morgan fingerprint density at radius 1 is 0.867 bits per heavy atom. The molecule has 0 saturated carbocycles. The lowest BCUT2D eigenvalue weighted by atomic mass is 10.3. The first-order chi connectivity index (χ1) is 14.2. The summed E-state index contributed by atoms with van der Waals surface area (Å²) in [5, 5.41) is 0.